The Kier molecular flexibility index (Phi) is 6.85. The Morgan fingerprint density at radius 2 is 1.89 bits per heavy atom. The highest BCUT2D eigenvalue weighted by atomic mass is 32.1. The molecule has 0 bridgehead atoms. The first-order chi connectivity index (χ1) is 13.5. The van der Waals surface area contributed by atoms with Gasteiger partial charge in [-0.25, -0.2) is 0 Å². The highest BCUT2D eigenvalue weighted by Gasteiger charge is 2.31. The van der Waals surface area contributed by atoms with E-state index in [9.17, 15) is 9.90 Å². The van der Waals surface area contributed by atoms with E-state index in [4.69, 9.17) is 14.2 Å². The lowest BCUT2D eigenvalue weighted by Crippen LogP contribution is -2.30. The molecular weight excluding hydrogens is 378 g/mol. The van der Waals surface area contributed by atoms with Gasteiger partial charge < -0.3 is 19.3 Å². The largest absolute Gasteiger partial charge is 0.507 e. The van der Waals surface area contributed by atoms with E-state index in [0.29, 0.717) is 49.7 Å². The lowest BCUT2D eigenvalue weighted by Gasteiger charge is -2.23. The van der Waals surface area contributed by atoms with Crippen molar-refractivity contribution in [2.75, 3.05) is 40.5 Å². The zero-order valence-corrected chi connectivity index (χ0v) is 17.2. The number of phenolic OH excluding ortho intramolecular Hbond substituents is 1. The van der Waals surface area contributed by atoms with Gasteiger partial charge in [-0.2, -0.15) is 0 Å². The number of aromatic hydroxyl groups is 1. The molecule has 150 valence electrons. The van der Waals surface area contributed by atoms with Crippen molar-refractivity contribution in [2.24, 2.45) is 0 Å². The van der Waals surface area contributed by atoms with Crippen molar-refractivity contribution in [2.45, 2.75) is 13.5 Å². The summed E-state index contributed by atoms with van der Waals surface area (Å²) in [5.74, 6) is 0.669. The second-order valence-corrected chi connectivity index (χ2v) is 7.56. The molecular formula is C21H25NO5S. The van der Waals surface area contributed by atoms with E-state index in [0.717, 1.165) is 10.4 Å². The Bertz CT molecular complexity index is 866. The van der Waals surface area contributed by atoms with Crippen molar-refractivity contribution in [1.82, 2.24) is 4.90 Å². The number of hydrogen-bond donors (Lipinski definition) is 1. The van der Waals surface area contributed by atoms with Crippen molar-refractivity contribution in [3.8, 4) is 11.5 Å². The summed E-state index contributed by atoms with van der Waals surface area (Å²) in [7, 11) is 3.30. The predicted octanol–water partition coefficient (Wildman–Crippen LogP) is 3.47. The third kappa shape index (κ3) is 4.44. The fraction of sp³-hybridized carbons (Fsp3) is 0.381. The standard InChI is InChI=1S/C21H25NO5S/c1-14-6-11-28-19(14)12-18-20(24)15-4-5-17(23)16(21(15)27-18)13-22(7-9-25-2)8-10-26-3/h4-6,11-12,23H,7-10,13H2,1-3H3/b18-12+. The molecule has 2 heterocycles. The van der Waals surface area contributed by atoms with Gasteiger partial charge in [0.25, 0.3) is 0 Å². The molecule has 28 heavy (non-hydrogen) atoms. The van der Waals surface area contributed by atoms with Crippen LogP contribution in [0.2, 0.25) is 0 Å². The van der Waals surface area contributed by atoms with E-state index < -0.39 is 0 Å². The lowest BCUT2D eigenvalue weighted by atomic mass is 10.0. The summed E-state index contributed by atoms with van der Waals surface area (Å²) < 4.78 is 16.3. The number of aryl methyl sites for hydroxylation is 1. The molecule has 0 atom stereocenters. The average Bonchev–Trinajstić information content (AvgIpc) is 3.23. The number of hydrogen-bond acceptors (Lipinski definition) is 7. The van der Waals surface area contributed by atoms with Crippen LogP contribution < -0.4 is 4.74 Å². The van der Waals surface area contributed by atoms with Crippen molar-refractivity contribution in [3.63, 3.8) is 0 Å². The fourth-order valence-electron chi connectivity index (χ4n) is 3.04. The predicted molar refractivity (Wildman–Crippen MR) is 109 cm³/mol. The summed E-state index contributed by atoms with van der Waals surface area (Å²) >= 11 is 1.56. The third-order valence-corrected chi connectivity index (χ3v) is 5.65. The summed E-state index contributed by atoms with van der Waals surface area (Å²) in [6.45, 7) is 4.89. The normalized spacial score (nSPS) is 14.7. The molecule has 0 saturated carbocycles. The summed E-state index contributed by atoms with van der Waals surface area (Å²) in [5, 5.41) is 12.4. The topological polar surface area (TPSA) is 68.2 Å². The number of benzene rings is 1. The summed E-state index contributed by atoms with van der Waals surface area (Å²) in [4.78, 5) is 15.9. The summed E-state index contributed by atoms with van der Waals surface area (Å²) in [6.07, 6.45) is 1.77. The van der Waals surface area contributed by atoms with Crippen LogP contribution in [0.1, 0.15) is 26.4 Å². The Balaban J connectivity index is 1.89. The Hall–Kier alpha value is -2.19. The first-order valence-corrected chi connectivity index (χ1v) is 9.96. The van der Waals surface area contributed by atoms with E-state index in [1.807, 2.05) is 18.4 Å². The van der Waals surface area contributed by atoms with E-state index in [1.165, 1.54) is 0 Å². The SMILES string of the molecule is COCCN(CCOC)Cc1c(O)ccc2c1O/C(=C/c1sccc1C)C2=O. The van der Waals surface area contributed by atoms with E-state index in [-0.39, 0.29) is 17.3 Å². The van der Waals surface area contributed by atoms with Gasteiger partial charge >= 0.3 is 0 Å². The van der Waals surface area contributed by atoms with Gasteiger partial charge in [-0.3, -0.25) is 9.69 Å². The highest BCUT2D eigenvalue weighted by molar-refractivity contribution is 7.11. The second kappa shape index (κ2) is 9.34. The number of fused-ring (bicyclic) bond motifs is 1. The molecule has 0 aliphatic carbocycles. The molecule has 7 heteroatoms. The van der Waals surface area contributed by atoms with Crippen molar-refractivity contribution in [3.05, 3.63) is 50.9 Å². The van der Waals surface area contributed by atoms with Gasteiger partial charge in [-0.1, -0.05) is 0 Å². The minimum absolute atomic E-state index is 0.111. The number of carbonyl (C=O) groups excluding carboxylic acids is 1. The van der Waals surface area contributed by atoms with Crippen LogP contribution in [0.15, 0.2) is 29.3 Å². The number of allylic oxidation sites excluding steroid dienone is 1. The maximum absolute atomic E-state index is 12.8. The van der Waals surface area contributed by atoms with Gasteiger partial charge in [0.1, 0.15) is 11.5 Å². The van der Waals surface area contributed by atoms with Crippen LogP contribution in [0.3, 0.4) is 0 Å². The van der Waals surface area contributed by atoms with Crippen molar-refractivity contribution in [1.29, 1.82) is 0 Å². The summed E-state index contributed by atoms with van der Waals surface area (Å²) in [6, 6.07) is 5.18. The van der Waals surface area contributed by atoms with Crippen LogP contribution in [0.5, 0.6) is 11.5 Å². The molecule has 0 saturated heterocycles. The minimum atomic E-state index is -0.163. The zero-order valence-electron chi connectivity index (χ0n) is 16.4. The lowest BCUT2D eigenvalue weighted by molar-refractivity contribution is 0.101. The first kappa shape index (κ1) is 20.5. The molecule has 1 aliphatic rings. The minimum Gasteiger partial charge on any atom is -0.507 e. The molecule has 6 nitrogen and oxygen atoms in total. The molecule has 1 aromatic carbocycles. The number of Topliss-reactive ketones (excluding diaryl/α,β-unsaturated/α-hetero) is 1. The van der Waals surface area contributed by atoms with Gasteiger partial charge in [0.15, 0.2) is 5.76 Å². The number of ketones is 1. The van der Waals surface area contributed by atoms with Gasteiger partial charge in [0, 0.05) is 44.8 Å². The van der Waals surface area contributed by atoms with Crippen LogP contribution in [0.4, 0.5) is 0 Å². The molecule has 1 N–H and O–H groups in total. The Labute approximate surface area is 169 Å². The maximum atomic E-state index is 12.8. The maximum Gasteiger partial charge on any atom is 0.232 e. The first-order valence-electron chi connectivity index (χ1n) is 9.08. The monoisotopic (exact) mass is 403 g/mol. The van der Waals surface area contributed by atoms with Crippen LogP contribution in [0, 0.1) is 6.92 Å². The number of nitrogens with zero attached hydrogens (tertiary/aromatic N) is 1. The number of methoxy groups -OCH3 is 2. The van der Waals surface area contributed by atoms with E-state index >= 15 is 0 Å². The molecule has 3 rings (SSSR count). The zero-order chi connectivity index (χ0) is 20.1. The number of phenols is 1. The molecule has 2 aromatic rings. The fourth-order valence-corrected chi connectivity index (χ4v) is 3.88. The average molecular weight is 404 g/mol. The second-order valence-electron chi connectivity index (χ2n) is 6.61. The molecule has 0 fully saturated rings. The molecule has 0 unspecified atom stereocenters. The van der Waals surface area contributed by atoms with Crippen LogP contribution in [0.25, 0.3) is 6.08 Å². The third-order valence-electron chi connectivity index (χ3n) is 4.69. The number of rotatable bonds is 9. The quantitative estimate of drug-likeness (QED) is 0.647. The van der Waals surface area contributed by atoms with E-state index in [2.05, 4.69) is 4.90 Å². The van der Waals surface area contributed by atoms with Gasteiger partial charge in [0.05, 0.1) is 24.3 Å². The van der Waals surface area contributed by atoms with Crippen LogP contribution in [-0.4, -0.2) is 56.3 Å². The molecule has 0 amide bonds. The Morgan fingerprint density at radius 1 is 1.18 bits per heavy atom. The molecule has 1 aromatic heterocycles. The van der Waals surface area contributed by atoms with Crippen molar-refractivity contribution < 1.29 is 24.1 Å². The number of carbonyl (C=O) groups is 1. The van der Waals surface area contributed by atoms with Crippen LogP contribution in [-0.2, 0) is 16.0 Å². The van der Waals surface area contributed by atoms with Crippen LogP contribution >= 0.6 is 11.3 Å². The highest BCUT2D eigenvalue weighted by Crippen LogP contribution is 2.40. The summed E-state index contributed by atoms with van der Waals surface area (Å²) in [5.41, 5.74) is 2.18. The number of ether oxygens (including phenoxy) is 3. The number of thiophene rings is 1. The Morgan fingerprint density at radius 3 is 2.50 bits per heavy atom. The molecule has 1 aliphatic heterocycles. The van der Waals surface area contributed by atoms with Gasteiger partial charge in [-0.05, 0) is 36.1 Å². The van der Waals surface area contributed by atoms with E-state index in [1.54, 1.807) is 43.8 Å². The molecule has 0 spiro atoms. The van der Waals surface area contributed by atoms with Crippen molar-refractivity contribution >= 4 is 23.2 Å². The van der Waals surface area contributed by atoms with Gasteiger partial charge in [-0.15, -0.1) is 11.3 Å². The smallest absolute Gasteiger partial charge is 0.232 e. The van der Waals surface area contributed by atoms with Gasteiger partial charge in [0.2, 0.25) is 5.78 Å². The molecule has 0 radical (unpaired) electrons.